The fraction of sp³-hybridized carbons (Fsp3) is 0.636. The first kappa shape index (κ1) is 8.01. The Morgan fingerprint density at radius 3 is 3.15 bits per heavy atom. The molecule has 0 radical (unpaired) electrons. The summed E-state index contributed by atoms with van der Waals surface area (Å²) in [5.74, 6) is 0.808. The van der Waals surface area contributed by atoms with E-state index in [2.05, 4.69) is 23.8 Å². The highest BCUT2D eigenvalue weighted by Crippen LogP contribution is 2.61. The molecule has 0 bridgehead atoms. The van der Waals surface area contributed by atoms with Gasteiger partial charge in [-0.15, -0.1) is 11.3 Å². The van der Waals surface area contributed by atoms with Crippen LogP contribution in [0.3, 0.4) is 0 Å². The smallest absolute Gasteiger partial charge is 0.0127 e. The highest BCUT2D eigenvalue weighted by molar-refractivity contribution is 7.10. The van der Waals surface area contributed by atoms with Crippen LogP contribution in [0.25, 0.3) is 0 Å². The lowest BCUT2D eigenvalue weighted by molar-refractivity contribution is 0.558. The molecule has 1 fully saturated rings. The van der Waals surface area contributed by atoms with Gasteiger partial charge in [0.1, 0.15) is 0 Å². The summed E-state index contributed by atoms with van der Waals surface area (Å²) in [5, 5.41) is 5.58. The molecule has 2 heteroatoms. The van der Waals surface area contributed by atoms with Crippen molar-refractivity contribution in [1.29, 1.82) is 0 Å². The Balaban J connectivity index is 1.97. The molecule has 1 nitrogen and oxygen atoms in total. The number of thiophene rings is 1. The average Bonchev–Trinajstić information content (AvgIpc) is 2.61. The maximum atomic E-state index is 3.31. The minimum absolute atomic E-state index is 0.650. The second-order valence-corrected chi connectivity index (χ2v) is 5.39. The van der Waals surface area contributed by atoms with Gasteiger partial charge in [0, 0.05) is 17.3 Å². The van der Waals surface area contributed by atoms with Crippen molar-refractivity contribution in [2.24, 2.45) is 0 Å². The van der Waals surface area contributed by atoms with Gasteiger partial charge in [-0.05, 0) is 48.7 Å². The normalized spacial score (nSPS) is 27.9. The SMILES string of the molecule is CNC[C@@H]1CC2(CC2)c2ccsc21. The number of likely N-dealkylation sites (N-methyl/N-ethyl adjacent to an activating group) is 1. The van der Waals surface area contributed by atoms with Crippen molar-refractivity contribution in [3.8, 4) is 0 Å². The lowest BCUT2D eigenvalue weighted by Crippen LogP contribution is -2.15. The standard InChI is InChI=1S/C11H15NS/c1-12-7-8-6-11(3-4-11)9-2-5-13-10(8)9/h2,5,8,12H,3-4,6-7H2,1H3/t8-/m0/s1. The molecule has 1 heterocycles. The molecule has 1 aromatic rings. The zero-order valence-corrected chi connectivity index (χ0v) is 8.79. The Hall–Kier alpha value is -0.340. The lowest BCUT2D eigenvalue weighted by atomic mass is 9.99. The number of nitrogens with one attached hydrogen (secondary N) is 1. The summed E-state index contributed by atoms with van der Waals surface area (Å²) in [6, 6.07) is 2.36. The van der Waals surface area contributed by atoms with Crippen molar-refractivity contribution in [1.82, 2.24) is 5.32 Å². The largest absolute Gasteiger partial charge is 0.319 e. The Labute approximate surface area is 83.2 Å². The van der Waals surface area contributed by atoms with Gasteiger partial charge in [-0.1, -0.05) is 0 Å². The van der Waals surface area contributed by atoms with Crippen molar-refractivity contribution in [2.45, 2.75) is 30.6 Å². The van der Waals surface area contributed by atoms with Crippen LogP contribution in [0.2, 0.25) is 0 Å². The Morgan fingerprint density at radius 1 is 1.62 bits per heavy atom. The first-order valence-electron chi connectivity index (χ1n) is 5.08. The number of hydrogen-bond acceptors (Lipinski definition) is 2. The summed E-state index contributed by atoms with van der Waals surface area (Å²) in [6.45, 7) is 1.16. The molecule has 0 unspecified atom stereocenters. The highest BCUT2D eigenvalue weighted by Gasteiger charge is 2.52. The van der Waals surface area contributed by atoms with E-state index in [9.17, 15) is 0 Å². The van der Waals surface area contributed by atoms with E-state index >= 15 is 0 Å². The summed E-state index contributed by atoms with van der Waals surface area (Å²) < 4.78 is 0. The zero-order valence-electron chi connectivity index (χ0n) is 7.97. The summed E-state index contributed by atoms with van der Waals surface area (Å²) in [4.78, 5) is 1.67. The van der Waals surface area contributed by atoms with Crippen LogP contribution >= 0.6 is 11.3 Å². The molecule has 0 aromatic carbocycles. The quantitative estimate of drug-likeness (QED) is 0.761. The van der Waals surface area contributed by atoms with E-state index in [-0.39, 0.29) is 0 Å². The minimum atomic E-state index is 0.650. The van der Waals surface area contributed by atoms with Crippen LogP contribution < -0.4 is 5.32 Å². The third kappa shape index (κ3) is 1.02. The van der Waals surface area contributed by atoms with E-state index in [1.807, 2.05) is 11.3 Å². The molecular weight excluding hydrogens is 178 g/mol. The van der Waals surface area contributed by atoms with Gasteiger partial charge in [-0.25, -0.2) is 0 Å². The molecule has 0 aliphatic heterocycles. The molecule has 1 N–H and O–H groups in total. The summed E-state index contributed by atoms with van der Waals surface area (Å²) in [7, 11) is 2.06. The maximum absolute atomic E-state index is 3.31. The third-order valence-electron chi connectivity index (χ3n) is 3.58. The van der Waals surface area contributed by atoms with E-state index in [1.54, 1.807) is 10.4 Å². The van der Waals surface area contributed by atoms with Crippen molar-refractivity contribution in [2.75, 3.05) is 13.6 Å². The molecule has 1 atom stereocenters. The molecule has 2 aliphatic rings. The number of hydrogen-bond donors (Lipinski definition) is 1. The van der Waals surface area contributed by atoms with Crippen molar-refractivity contribution < 1.29 is 0 Å². The molecule has 1 saturated carbocycles. The van der Waals surface area contributed by atoms with Crippen LogP contribution in [0.5, 0.6) is 0 Å². The summed E-state index contributed by atoms with van der Waals surface area (Å²) in [5.41, 5.74) is 2.34. The van der Waals surface area contributed by atoms with Crippen LogP contribution in [0.1, 0.15) is 35.6 Å². The number of fused-ring (bicyclic) bond motifs is 2. The molecule has 0 amide bonds. The topological polar surface area (TPSA) is 12.0 Å². The van der Waals surface area contributed by atoms with E-state index < -0.39 is 0 Å². The predicted octanol–water partition coefficient (Wildman–Crippen LogP) is 2.49. The third-order valence-corrected chi connectivity index (χ3v) is 4.66. The first-order valence-corrected chi connectivity index (χ1v) is 5.96. The highest BCUT2D eigenvalue weighted by atomic mass is 32.1. The van der Waals surface area contributed by atoms with Crippen LogP contribution in [0.4, 0.5) is 0 Å². The first-order chi connectivity index (χ1) is 6.36. The van der Waals surface area contributed by atoms with Crippen molar-refractivity contribution >= 4 is 11.3 Å². The van der Waals surface area contributed by atoms with Gasteiger partial charge >= 0.3 is 0 Å². The Morgan fingerprint density at radius 2 is 2.46 bits per heavy atom. The van der Waals surface area contributed by atoms with Gasteiger partial charge in [-0.2, -0.15) is 0 Å². The molecule has 1 spiro atoms. The molecule has 3 rings (SSSR count). The second kappa shape index (κ2) is 2.58. The molecule has 0 saturated heterocycles. The monoisotopic (exact) mass is 193 g/mol. The van der Waals surface area contributed by atoms with Gasteiger partial charge in [0.05, 0.1) is 0 Å². The summed E-state index contributed by atoms with van der Waals surface area (Å²) >= 11 is 1.96. The van der Waals surface area contributed by atoms with Gasteiger partial charge in [0.2, 0.25) is 0 Å². The van der Waals surface area contributed by atoms with Gasteiger partial charge in [-0.3, -0.25) is 0 Å². The molecular formula is C11H15NS. The minimum Gasteiger partial charge on any atom is -0.319 e. The average molecular weight is 193 g/mol. The van der Waals surface area contributed by atoms with Crippen LogP contribution in [0, 0.1) is 0 Å². The van der Waals surface area contributed by atoms with Crippen LogP contribution in [-0.2, 0) is 5.41 Å². The lowest BCUT2D eigenvalue weighted by Gasteiger charge is -2.09. The fourth-order valence-electron chi connectivity index (χ4n) is 2.79. The van der Waals surface area contributed by atoms with E-state index in [1.165, 1.54) is 19.3 Å². The van der Waals surface area contributed by atoms with Gasteiger partial charge < -0.3 is 5.32 Å². The number of rotatable bonds is 2. The Bertz CT molecular complexity index is 325. The van der Waals surface area contributed by atoms with Gasteiger partial charge in [0.15, 0.2) is 0 Å². The maximum Gasteiger partial charge on any atom is 0.0127 e. The zero-order chi connectivity index (χ0) is 8.89. The van der Waals surface area contributed by atoms with Crippen molar-refractivity contribution in [3.63, 3.8) is 0 Å². The molecule has 13 heavy (non-hydrogen) atoms. The van der Waals surface area contributed by atoms with Crippen LogP contribution in [0.15, 0.2) is 11.4 Å². The summed E-state index contributed by atoms with van der Waals surface area (Å²) in [6.07, 6.45) is 4.30. The molecule has 70 valence electrons. The predicted molar refractivity (Wildman–Crippen MR) is 56.5 cm³/mol. The van der Waals surface area contributed by atoms with Gasteiger partial charge in [0.25, 0.3) is 0 Å². The van der Waals surface area contributed by atoms with Crippen LogP contribution in [-0.4, -0.2) is 13.6 Å². The van der Waals surface area contributed by atoms with E-state index in [0.29, 0.717) is 5.41 Å². The fourth-order valence-corrected chi connectivity index (χ4v) is 3.91. The Kier molecular flexibility index (Phi) is 1.59. The van der Waals surface area contributed by atoms with E-state index in [4.69, 9.17) is 0 Å². The molecule has 1 aromatic heterocycles. The molecule has 2 aliphatic carbocycles. The van der Waals surface area contributed by atoms with Crippen molar-refractivity contribution in [3.05, 3.63) is 21.9 Å². The second-order valence-electron chi connectivity index (χ2n) is 4.44. The van der Waals surface area contributed by atoms with E-state index in [0.717, 1.165) is 12.5 Å².